The van der Waals surface area contributed by atoms with Crippen LogP contribution >= 0.6 is 0 Å². The molecule has 5 nitrogen and oxygen atoms in total. The van der Waals surface area contributed by atoms with Crippen LogP contribution in [0.25, 0.3) is 0 Å². The predicted molar refractivity (Wildman–Crippen MR) is 39.9 cm³/mol. The molecule has 0 aliphatic heterocycles. The van der Waals surface area contributed by atoms with Crippen LogP contribution in [0.5, 0.6) is 0 Å². The Labute approximate surface area is 89.6 Å². The largest absolute Gasteiger partial charge is 1.00 e. The zero-order valence-corrected chi connectivity index (χ0v) is 9.47. The Kier molecular flexibility index (Phi) is 17.5. The summed E-state index contributed by atoms with van der Waals surface area (Å²) in [6.07, 6.45) is 0. The van der Waals surface area contributed by atoms with E-state index >= 15 is 0 Å². The Bertz CT molecular complexity index is 147. The molecule has 0 saturated carbocycles. The van der Waals surface area contributed by atoms with Crippen LogP contribution in [0.1, 0.15) is 0 Å². The second kappa shape index (κ2) is 10.8. The summed E-state index contributed by atoms with van der Waals surface area (Å²) in [5.74, 6) is -0.354. The van der Waals surface area contributed by atoms with Crippen molar-refractivity contribution >= 4 is 10.1 Å². The molecule has 0 amide bonds. The van der Waals surface area contributed by atoms with E-state index in [-0.39, 0.29) is 41.9 Å². The fourth-order valence-corrected chi connectivity index (χ4v) is 0.447. The van der Waals surface area contributed by atoms with Crippen LogP contribution in [0.3, 0.4) is 0 Å². The van der Waals surface area contributed by atoms with Gasteiger partial charge in [-0.25, -0.2) is 0 Å². The second-order valence-corrected chi connectivity index (χ2v) is 2.94. The van der Waals surface area contributed by atoms with Crippen molar-refractivity contribution in [1.29, 1.82) is 0 Å². The number of nitrogens with two attached hydrogens (primary N) is 2. The third-order valence-electron chi connectivity index (χ3n) is 0.376. The molecule has 0 radical (unpaired) electrons. The molecule has 0 aromatic rings. The quantitative estimate of drug-likeness (QED) is 0.233. The van der Waals surface area contributed by atoms with Gasteiger partial charge in [-0.3, -0.25) is 4.55 Å². The van der Waals surface area contributed by atoms with E-state index in [9.17, 15) is 8.42 Å². The van der Waals surface area contributed by atoms with Crippen LogP contribution in [-0.4, -0.2) is 31.8 Å². The number of rotatable bonds is 2. The van der Waals surface area contributed by atoms with E-state index in [2.05, 4.69) is 6.92 Å². The van der Waals surface area contributed by atoms with E-state index < -0.39 is 10.1 Å². The predicted octanol–water partition coefficient (Wildman–Crippen LogP) is -4.38. The minimum Gasteiger partial charge on any atom is -0.360 e. The van der Waals surface area contributed by atoms with Crippen LogP contribution in [0, 0.1) is 6.92 Å². The summed E-state index contributed by atoms with van der Waals surface area (Å²) in [5, 5.41) is 0. The summed E-state index contributed by atoms with van der Waals surface area (Å²) in [6.45, 7) is 3.73. The van der Waals surface area contributed by atoms with Crippen molar-refractivity contribution < 1.29 is 42.5 Å². The Morgan fingerprint density at radius 3 is 1.64 bits per heavy atom. The maximum Gasteiger partial charge on any atom is 1.00 e. The number of hydrogen-bond acceptors (Lipinski definition) is 4. The van der Waals surface area contributed by atoms with Gasteiger partial charge in [-0.15, -0.1) is 6.54 Å². The summed E-state index contributed by atoms with van der Waals surface area (Å²) in [5.41, 5.74) is 9.51. The molecule has 0 aliphatic carbocycles. The Morgan fingerprint density at radius 1 is 1.36 bits per heavy atom. The molecule has 0 bridgehead atoms. The fraction of sp³-hybridized carbons (Fsp3) is 0.750. The van der Waals surface area contributed by atoms with E-state index in [1.165, 1.54) is 0 Å². The first-order chi connectivity index (χ1) is 4.47. The van der Waals surface area contributed by atoms with E-state index in [4.69, 9.17) is 16.0 Å². The molecule has 0 aromatic heterocycles. The third-order valence-corrected chi connectivity index (χ3v) is 1.13. The zero-order valence-electron chi connectivity index (χ0n) is 6.66. The van der Waals surface area contributed by atoms with Gasteiger partial charge in [-0.2, -0.15) is 8.42 Å². The minimum atomic E-state index is -3.80. The van der Waals surface area contributed by atoms with Gasteiger partial charge in [0.1, 0.15) is 0 Å². The molecule has 0 unspecified atom stereocenters. The maximum atomic E-state index is 9.71. The van der Waals surface area contributed by atoms with Gasteiger partial charge in [0.25, 0.3) is 10.1 Å². The molecule has 0 aliphatic rings. The van der Waals surface area contributed by atoms with Crippen LogP contribution in [0.2, 0.25) is 0 Å². The molecule has 0 fully saturated rings. The third kappa shape index (κ3) is 36.2. The van der Waals surface area contributed by atoms with Crippen LogP contribution in [0.15, 0.2) is 0 Å². The molecule has 0 heterocycles. The fourth-order valence-electron chi connectivity index (χ4n) is 0.149. The van der Waals surface area contributed by atoms with Gasteiger partial charge in [0, 0.05) is 6.54 Å². The van der Waals surface area contributed by atoms with Crippen molar-refractivity contribution in [2.75, 3.05) is 18.8 Å². The number of hydrogen-bond donors (Lipinski definition) is 3. The summed E-state index contributed by atoms with van der Waals surface area (Å²) < 4.78 is 27.3. The Balaban J connectivity index is -0.000000140. The molecule has 5 N–H and O–H groups in total. The molecule has 0 saturated heterocycles. The first kappa shape index (κ1) is 17.8. The molecule has 7 heteroatoms. The van der Waals surface area contributed by atoms with Gasteiger partial charge in [0.2, 0.25) is 0 Å². The van der Waals surface area contributed by atoms with Crippen LogP contribution in [0.4, 0.5) is 0 Å². The Hall–Kier alpha value is 0.830. The summed E-state index contributed by atoms with van der Waals surface area (Å²) in [7, 11) is -3.80. The second-order valence-electron chi connectivity index (χ2n) is 1.36. The van der Waals surface area contributed by atoms with E-state index in [1.54, 1.807) is 0 Å². The van der Waals surface area contributed by atoms with E-state index in [0.717, 1.165) is 0 Å². The minimum absolute atomic E-state index is 0. The van der Waals surface area contributed by atoms with Gasteiger partial charge in [-0.05, 0) is 0 Å². The topological polar surface area (TPSA) is 106 Å². The standard InChI is InChI=1S/C2H7NO3S.C2H6N.Na/c3-1-2-7(4,5)6;1-2-3;/h1-3H2,(H,4,5,6);1-3H2;/q;-1;+1. The molecule has 64 valence electrons. The summed E-state index contributed by atoms with van der Waals surface area (Å²) >= 11 is 0. The normalized spacial score (nSPS) is 9.09. The summed E-state index contributed by atoms with van der Waals surface area (Å²) in [4.78, 5) is 0. The van der Waals surface area contributed by atoms with Crippen molar-refractivity contribution in [3.05, 3.63) is 6.92 Å². The maximum absolute atomic E-state index is 9.71. The van der Waals surface area contributed by atoms with E-state index in [1.807, 2.05) is 0 Å². The Morgan fingerprint density at radius 2 is 1.64 bits per heavy atom. The first-order valence-corrected chi connectivity index (χ1v) is 4.23. The van der Waals surface area contributed by atoms with Crippen LogP contribution in [-0.2, 0) is 10.1 Å². The molecular weight excluding hydrogens is 179 g/mol. The average Bonchev–Trinajstić information content (AvgIpc) is 1.63. The summed E-state index contributed by atoms with van der Waals surface area (Å²) in [6, 6.07) is 0. The SMILES string of the molecule is NCCS(=O)(=O)O.[CH2-]CN.[Na+]. The van der Waals surface area contributed by atoms with Crippen molar-refractivity contribution in [3.63, 3.8) is 0 Å². The average molecular weight is 192 g/mol. The van der Waals surface area contributed by atoms with E-state index in [0.29, 0.717) is 6.54 Å². The van der Waals surface area contributed by atoms with Crippen molar-refractivity contribution in [3.8, 4) is 0 Å². The van der Waals surface area contributed by atoms with Gasteiger partial charge < -0.3 is 18.4 Å². The van der Waals surface area contributed by atoms with Crippen molar-refractivity contribution in [1.82, 2.24) is 0 Å². The van der Waals surface area contributed by atoms with Gasteiger partial charge in [0.15, 0.2) is 0 Å². The van der Waals surface area contributed by atoms with Crippen molar-refractivity contribution in [2.24, 2.45) is 11.5 Å². The molecule has 0 atom stereocenters. The molecular formula is C4H13N2NaO3S. The smallest absolute Gasteiger partial charge is 0.360 e. The molecule has 0 rings (SSSR count). The van der Waals surface area contributed by atoms with Crippen molar-refractivity contribution in [2.45, 2.75) is 0 Å². The van der Waals surface area contributed by atoms with Gasteiger partial charge >= 0.3 is 29.6 Å². The molecule has 0 spiro atoms. The van der Waals surface area contributed by atoms with Gasteiger partial charge in [-0.1, -0.05) is 0 Å². The molecule has 11 heavy (non-hydrogen) atoms. The van der Waals surface area contributed by atoms with Crippen LogP contribution < -0.4 is 41.0 Å². The monoisotopic (exact) mass is 192 g/mol. The first-order valence-electron chi connectivity index (χ1n) is 2.62. The molecule has 0 aromatic carbocycles. The van der Waals surface area contributed by atoms with Gasteiger partial charge in [0.05, 0.1) is 5.75 Å². The zero-order chi connectivity index (χ0) is 8.62.